The number of alkyl halides is 2. The molecule has 0 aliphatic carbocycles. The number of hydrogen-bond acceptors (Lipinski definition) is 3. The number of aliphatic hydroxyl groups is 1. The minimum atomic E-state index is -2.47. The number of ether oxygens (including phenoxy) is 1. The van der Waals surface area contributed by atoms with Crippen LogP contribution >= 0.6 is 0 Å². The number of halogens is 2. The summed E-state index contributed by atoms with van der Waals surface area (Å²) in [6.07, 6.45) is -1.36. The van der Waals surface area contributed by atoms with Gasteiger partial charge in [0.15, 0.2) is 0 Å². The van der Waals surface area contributed by atoms with Crippen LogP contribution in [0.4, 0.5) is 8.78 Å². The summed E-state index contributed by atoms with van der Waals surface area (Å²) in [5.74, 6) is 0. The number of hydrogen-bond donors (Lipinski definition) is 2. The number of benzene rings is 1. The predicted molar refractivity (Wildman–Crippen MR) is 66.1 cm³/mol. The van der Waals surface area contributed by atoms with Crippen LogP contribution in [0.5, 0.6) is 0 Å². The minimum absolute atomic E-state index is 0.00943. The van der Waals surface area contributed by atoms with Gasteiger partial charge in [0.2, 0.25) is 0 Å². The summed E-state index contributed by atoms with van der Waals surface area (Å²) in [6, 6.07) is 6.28. The topological polar surface area (TPSA) is 41.5 Å². The molecular formula is C14H17F2NO2. The van der Waals surface area contributed by atoms with Gasteiger partial charge in [-0.3, -0.25) is 0 Å². The molecule has 0 amide bonds. The van der Waals surface area contributed by atoms with E-state index in [2.05, 4.69) is 5.32 Å². The standard InChI is InChI=1S/C14H17F2NO2/c15-13(16)9-1-3-10(4-2-9)14(18)5-11-7-19-8-12(6-14)17-11/h1-4,11-13,17-18H,5-8H2. The molecule has 104 valence electrons. The van der Waals surface area contributed by atoms with Crippen molar-refractivity contribution in [2.75, 3.05) is 13.2 Å². The van der Waals surface area contributed by atoms with Gasteiger partial charge < -0.3 is 15.2 Å². The minimum Gasteiger partial charge on any atom is -0.385 e. The lowest BCUT2D eigenvalue weighted by atomic mass is 9.78. The molecule has 2 saturated heterocycles. The van der Waals surface area contributed by atoms with Gasteiger partial charge >= 0.3 is 0 Å². The van der Waals surface area contributed by atoms with Crippen molar-refractivity contribution in [2.45, 2.75) is 37.0 Å². The summed E-state index contributed by atoms with van der Waals surface area (Å²) in [5, 5.41) is 14.2. The average molecular weight is 269 g/mol. The molecular weight excluding hydrogens is 252 g/mol. The van der Waals surface area contributed by atoms with E-state index in [-0.39, 0.29) is 17.6 Å². The van der Waals surface area contributed by atoms with Crippen molar-refractivity contribution in [2.24, 2.45) is 0 Å². The van der Waals surface area contributed by atoms with E-state index in [9.17, 15) is 13.9 Å². The molecule has 5 heteroatoms. The van der Waals surface area contributed by atoms with Crippen LogP contribution in [-0.2, 0) is 10.3 Å². The Kier molecular flexibility index (Phi) is 3.28. The van der Waals surface area contributed by atoms with Crippen LogP contribution in [0.3, 0.4) is 0 Å². The summed E-state index contributed by atoms with van der Waals surface area (Å²) < 4.78 is 30.5. The second kappa shape index (κ2) is 4.81. The number of morpholine rings is 1. The van der Waals surface area contributed by atoms with E-state index < -0.39 is 12.0 Å². The Morgan fingerprint density at radius 1 is 1.16 bits per heavy atom. The molecule has 19 heavy (non-hydrogen) atoms. The largest absolute Gasteiger partial charge is 0.385 e. The fourth-order valence-corrected chi connectivity index (χ4v) is 3.09. The van der Waals surface area contributed by atoms with Crippen molar-refractivity contribution < 1.29 is 18.6 Å². The van der Waals surface area contributed by atoms with Gasteiger partial charge in [-0.15, -0.1) is 0 Å². The van der Waals surface area contributed by atoms with Gasteiger partial charge in [0.25, 0.3) is 6.43 Å². The Balaban J connectivity index is 1.83. The Bertz CT molecular complexity index is 437. The zero-order valence-corrected chi connectivity index (χ0v) is 10.5. The zero-order valence-electron chi connectivity index (χ0n) is 10.5. The first-order valence-electron chi connectivity index (χ1n) is 6.51. The lowest BCUT2D eigenvalue weighted by molar-refractivity contribution is -0.0802. The average Bonchev–Trinajstić information content (AvgIpc) is 2.38. The Morgan fingerprint density at radius 2 is 1.74 bits per heavy atom. The molecule has 3 rings (SSSR count). The van der Waals surface area contributed by atoms with E-state index in [1.54, 1.807) is 12.1 Å². The highest BCUT2D eigenvalue weighted by molar-refractivity contribution is 5.29. The van der Waals surface area contributed by atoms with Crippen molar-refractivity contribution in [3.8, 4) is 0 Å². The first kappa shape index (κ1) is 13.0. The maximum atomic E-state index is 12.5. The molecule has 2 fully saturated rings. The van der Waals surface area contributed by atoms with Crippen LogP contribution in [0.2, 0.25) is 0 Å². The normalized spacial score (nSPS) is 34.5. The molecule has 0 spiro atoms. The molecule has 2 unspecified atom stereocenters. The van der Waals surface area contributed by atoms with E-state index >= 15 is 0 Å². The van der Waals surface area contributed by atoms with Gasteiger partial charge in [0.05, 0.1) is 18.8 Å². The van der Waals surface area contributed by atoms with Crippen molar-refractivity contribution in [1.29, 1.82) is 0 Å². The van der Waals surface area contributed by atoms with Crippen molar-refractivity contribution in [3.63, 3.8) is 0 Å². The maximum absolute atomic E-state index is 12.5. The quantitative estimate of drug-likeness (QED) is 0.862. The summed E-state index contributed by atoms with van der Waals surface area (Å²) in [5.41, 5.74) is -0.231. The Hall–Kier alpha value is -1.04. The fraction of sp³-hybridized carbons (Fsp3) is 0.571. The van der Waals surface area contributed by atoms with E-state index in [0.29, 0.717) is 26.1 Å². The first-order valence-corrected chi connectivity index (χ1v) is 6.51. The van der Waals surface area contributed by atoms with Gasteiger partial charge in [-0.2, -0.15) is 0 Å². The van der Waals surface area contributed by atoms with Crippen LogP contribution in [0, 0.1) is 0 Å². The van der Waals surface area contributed by atoms with Crippen LogP contribution in [0.25, 0.3) is 0 Å². The monoisotopic (exact) mass is 269 g/mol. The SMILES string of the molecule is OC1(c2ccc(C(F)F)cc2)CC2COCC(C1)N2. The molecule has 1 aromatic rings. The van der Waals surface area contributed by atoms with Gasteiger partial charge in [0.1, 0.15) is 0 Å². The van der Waals surface area contributed by atoms with Crippen LogP contribution in [-0.4, -0.2) is 30.4 Å². The summed E-state index contributed by atoms with van der Waals surface area (Å²) in [7, 11) is 0. The molecule has 2 heterocycles. The molecule has 0 saturated carbocycles. The van der Waals surface area contributed by atoms with Crippen molar-refractivity contribution in [3.05, 3.63) is 35.4 Å². The van der Waals surface area contributed by atoms with Gasteiger partial charge in [-0.25, -0.2) is 8.78 Å². The molecule has 1 aromatic carbocycles. The van der Waals surface area contributed by atoms with E-state index in [1.165, 1.54) is 12.1 Å². The van der Waals surface area contributed by atoms with Gasteiger partial charge in [-0.05, 0) is 18.4 Å². The van der Waals surface area contributed by atoms with E-state index in [4.69, 9.17) is 4.74 Å². The molecule has 0 aromatic heterocycles. The van der Waals surface area contributed by atoms with E-state index in [0.717, 1.165) is 5.56 Å². The number of nitrogens with one attached hydrogen (secondary N) is 1. The molecule has 0 radical (unpaired) electrons. The number of rotatable bonds is 2. The number of piperidine rings is 1. The summed E-state index contributed by atoms with van der Waals surface area (Å²) >= 11 is 0. The summed E-state index contributed by atoms with van der Waals surface area (Å²) in [4.78, 5) is 0. The Labute approximate surface area is 110 Å². The van der Waals surface area contributed by atoms with Crippen molar-refractivity contribution >= 4 is 0 Å². The van der Waals surface area contributed by atoms with Crippen LogP contribution in [0.15, 0.2) is 24.3 Å². The van der Waals surface area contributed by atoms with Gasteiger partial charge in [0, 0.05) is 17.6 Å². The zero-order chi connectivity index (χ0) is 13.5. The fourth-order valence-electron chi connectivity index (χ4n) is 3.09. The Morgan fingerprint density at radius 3 is 2.26 bits per heavy atom. The third-order valence-electron chi connectivity index (χ3n) is 3.98. The lowest BCUT2D eigenvalue weighted by Gasteiger charge is -2.45. The van der Waals surface area contributed by atoms with Gasteiger partial charge in [-0.1, -0.05) is 24.3 Å². The second-order valence-electron chi connectivity index (χ2n) is 5.46. The third kappa shape index (κ3) is 2.50. The molecule has 3 nitrogen and oxygen atoms in total. The first-order chi connectivity index (χ1) is 9.07. The highest BCUT2D eigenvalue weighted by Gasteiger charge is 2.42. The molecule has 2 bridgehead atoms. The molecule has 2 aliphatic heterocycles. The molecule has 2 aliphatic rings. The summed E-state index contributed by atoms with van der Waals surface area (Å²) in [6.45, 7) is 1.18. The smallest absolute Gasteiger partial charge is 0.263 e. The highest BCUT2D eigenvalue weighted by atomic mass is 19.3. The van der Waals surface area contributed by atoms with E-state index in [1.807, 2.05) is 0 Å². The van der Waals surface area contributed by atoms with Crippen LogP contribution < -0.4 is 5.32 Å². The highest BCUT2D eigenvalue weighted by Crippen LogP contribution is 2.37. The van der Waals surface area contributed by atoms with Crippen molar-refractivity contribution in [1.82, 2.24) is 5.32 Å². The molecule has 2 N–H and O–H groups in total. The third-order valence-corrected chi connectivity index (χ3v) is 3.98. The number of fused-ring (bicyclic) bond motifs is 2. The predicted octanol–water partition coefficient (Wildman–Crippen LogP) is 1.96. The lowest BCUT2D eigenvalue weighted by Crippen LogP contribution is -2.58. The molecule has 2 atom stereocenters. The second-order valence-corrected chi connectivity index (χ2v) is 5.46. The maximum Gasteiger partial charge on any atom is 0.263 e. The van der Waals surface area contributed by atoms with Crippen LogP contribution in [0.1, 0.15) is 30.4 Å².